The second-order valence-corrected chi connectivity index (χ2v) is 2.96. The standard InChI is InChI=1S/C8H12N4/c1-3-7-10-6-4-12(2)5-9-8(6)11-7/h4H,3,5H2,1-2H3,(H,9,10,11). The van der Waals surface area contributed by atoms with Crippen LogP contribution in [0.3, 0.4) is 0 Å². The van der Waals surface area contributed by atoms with E-state index >= 15 is 0 Å². The Labute approximate surface area is 70.6 Å². The average Bonchev–Trinajstić information content (AvgIpc) is 2.46. The molecule has 12 heavy (non-hydrogen) atoms. The maximum atomic E-state index is 4.32. The van der Waals surface area contributed by atoms with Crippen molar-refractivity contribution in [3.63, 3.8) is 0 Å². The van der Waals surface area contributed by atoms with Crippen LogP contribution in [0.25, 0.3) is 6.20 Å². The number of fused-ring (bicyclic) bond motifs is 1. The summed E-state index contributed by atoms with van der Waals surface area (Å²) in [6.07, 6.45) is 2.97. The van der Waals surface area contributed by atoms with Gasteiger partial charge in [0.15, 0.2) is 5.49 Å². The predicted molar refractivity (Wildman–Crippen MR) is 45.8 cm³/mol. The number of nitrogens with zero attached hydrogens (tertiary/aromatic N) is 3. The number of aromatic amines is 1. The molecule has 0 aliphatic carbocycles. The van der Waals surface area contributed by atoms with Crippen LogP contribution in [0.4, 0.5) is 0 Å². The van der Waals surface area contributed by atoms with Crippen molar-refractivity contribution in [1.82, 2.24) is 14.9 Å². The number of aryl methyl sites for hydroxylation is 1. The Morgan fingerprint density at radius 2 is 2.50 bits per heavy atom. The molecule has 0 saturated heterocycles. The van der Waals surface area contributed by atoms with Gasteiger partial charge in [0.1, 0.15) is 17.8 Å². The summed E-state index contributed by atoms with van der Waals surface area (Å²) in [5.74, 6) is 1.01. The average molecular weight is 164 g/mol. The molecule has 0 spiro atoms. The van der Waals surface area contributed by atoms with E-state index in [1.807, 2.05) is 18.1 Å². The molecule has 0 bridgehead atoms. The third-order valence-corrected chi connectivity index (χ3v) is 1.89. The quantitative estimate of drug-likeness (QED) is 0.592. The minimum atomic E-state index is 0.709. The van der Waals surface area contributed by atoms with Gasteiger partial charge < -0.3 is 9.88 Å². The molecule has 0 atom stereocenters. The van der Waals surface area contributed by atoms with E-state index in [1.54, 1.807) is 0 Å². The summed E-state index contributed by atoms with van der Waals surface area (Å²) < 4.78 is 0. The summed E-state index contributed by atoms with van der Waals surface area (Å²) in [7, 11) is 2.00. The van der Waals surface area contributed by atoms with Crippen molar-refractivity contribution in [3.8, 4) is 0 Å². The number of nitrogens with one attached hydrogen (secondary N) is 1. The Hall–Kier alpha value is -1.32. The number of H-pyrrole nitrogens is 1. The van der Waals surface area contributed by atoms with Gasteiger partial charge in [-0.15, -0.1) is 0 Å². The highest BCUT2D eigenvalue weighted by molar-refractivity contribution is 5.17. The number of imidazole rings is 1. The van der Waals surface area contributed by atoms with Crippen LogP contribution in [-0.2, 0) is 6.42 Å². The summed E-state index contributed by atoms with van der Waals surface area (Å²) in [6.45, 7) is 2.79. The van der Waals surface area contributed by atoms with Crippen molar-refractivity contribution in [3.05, 3.63) is 16.7 Å². The van der Waals surface area contributed by atoms with Gasteiger partial charge in [0.05, 0.1) is 0 Å². The number of aromatic nitrogens is 2. The third kappa shape index (κ3) is 1.09. The Bertz CT molecular complexity index is 390. The number of rotatable bonds is 1. The maximum Gasteiger partial charge on any atom is 0.176 e. The SMILES string of the molecule is CCc1nc2c([nH]1)=CN(C)CN=2. The molecule has 0 fully saturated rings. The Kier molecular flexibility index (Phi) is 1.60. The zero-order valence-electron chi connectivity index (χ0n) is 7.33. The van der Waals surface area contributed by atoms with E-state index in [0.717, 1.165) is 23.1 Å². The molecule has 0 aromatic carbocycles. The molecule has 2 heterocycles. The highest BCUT2D eigenvalue weighted by Crippen LogP contribution is 1.87. The van der Waals surface area contributed by atoms with Crippen LogP contribution < -0.4 is 10.8 Å². The second kappa shape index (κ2) is 2.62. The molecular formula is C8H12N4. The van der Waals surface area contributed by atoms with E-state index in [2.05, 4.69) is 21.9 Å². The highest BCUT2D eigenvalue weighted by Gasteiger charge is 2.02. The molecule has 64 valence electrons. The Balaban J connectivity index is 2.60. The van der Waals surface area contributed by atoms with Crippen LogP contribution in [0.1, 0.15) is 12.7 Å². The minimum absolute atomic E-state index is 0.709. The first-order valence-corrected chi connectivity index (χ1v) is 4.11. The van der Waals surface area contributed by atoms with Crippen LogP contribution in [0.15, 0.2) is 4.99 Å². The molecule has 1 N–H and O–H groups in total. The van der Waals surface area contributed by atoms with E-state index in [4.69, 9.17) is 0 Å². The molecule has 4 heteroatoms. The summed E-state index contributed by atoms with van der Waals surface area (Å²) in [5, 5.41) is 1.03. The lowest BCUT2D eigenvalue weighted by atomic mass is 10.5. The van der Waals surface area contributed by atoms with E-state index in [0.29, 0.717) is 6.67 Å². The van der Waals surface area contributed by atoms with Gasteiger partial charge >= 0.3 is 0 Å². The van der Waals surface area contributed by atoms with Crippen LogP contribution in [0, 0.1) is 0 Å². The van der Waals surface area contributed by atoms with Crippen LogP contribution in [0.2, 0.25) is 0 Å². The van der Waals surface area contributed by atoms with Gasteiger partial charge in [-0.1, -0.05) is 6.92 Å². The van der Waals surface area contributed by atoms with E-state index in [9.17, 15) is 0 Å². The predicted octanol–water partition coefficient (Wildman–Crippen LogP) is -0.767. The van der Waals surface area contributed by atoms with Crippen molar-refractivity contribution < 1.29 is 0 Å². The molecular weight excluding hydrogens is 152 g/mol. The summed E-state index contributed by atoms with van der Waals surface area (Å²) in [6, 6.07) is 0. The molecule has 2 rings (SSSR count). The zero-order chi connectivity index (χ0) is 8.55. The first-order chi connectivity index (χ1) is 5.79. The highest BCUT2D eigenvalue weighted by atomic mass is 15.2. The Morgan fingerprint density at radius 1 is 1.67 bits per heavy atom. The number of hydrogen-bond donors (Lipinski definition) is 1. The minimum Gasteiger partial charge on any atom is -0.359 e. The third-order valence-electron chi connectivity index (χ3n) is 1.89. The largest absolute Gasteiger partial charge is 0.359 e. The molecule has 4 nitrogen and oxygen atoms in total. The fraction of sp³-hybridized carbons (Fsp3) is 0.500. The Morgan fingerprint density at radius 3 is 3.25 bits per heavy atom. The maximum absolute atomic E-state index is 4.32. The summed E-state index contributed by atoms with van der Waals surface area (Å²) in [4.78, 5) is 13.9. The van der Waals surface area contributed by atoms with Gasteiger partial charge in [-0.3, -0.25) is 0 Å². The molecule has 1 aliphatic heterocycles. The lowest BCUT2D eigenvalue weighted by Gasteiger charge is -2.10. The normalized spacial score (nSPS) is 15.0. The van der Waals surface area contributed by atoms with E-state index in [-0.39, 0.29) is 0 Å². The first-order valence-electron chi connectivity index (χ1n) is 4.11. The van der Waals surface area contributed by atoms with Crippen molar-refractivity contribution in [2.75, 3.05) is 13.7 Å². The van der Waals surface area contributed by atoms with Crippen molar-refractivity contribution >= 4 is 6.20 Å². The van der Waals surface area contributed by atoms with Gasteiger partial charge in [0.25, 0.3) is 0 Å². The lowest BCUT2D eigenvalue weighted by molar-refractivity contribution is 0.495. The van der Waals surface area contributed by atoms with E-state index in [1.165, 1.54) is 0 Å². The number of hydrogen-bond acceptors (Lipinski definition) is 3. The molecule has 0 saturated carbocycles. The molecule has 0 unspecified atom stereocenters. The van der Waals surface area contributed by atoms with Gasteiger partial charge in [-0.25, -0.2) is 9.98 Å². The van der Waals surface area contributed by atoms with Crippen LogP contribution >= 0.6 is 0 Å². The van der Waals surface area contributed by atoms with Gasteiger partial charge in [-0.05, 0) is 0 Å². The fourth-order valence-corrected chi connectivity index (χ4v) is 1.25. The smallest absolute Gasteiger partial charge is 0.176 e. The zero-order valence-corrected chi connectivity index (χ0v) is 7.33. The second-order valence-electron chi connectivity index (χ2n) is 2.96. The van der Waals surface area contributed by atoms with Crippen molar-refractivity contribution in [2.45, 2.75) is 13.3 Å². The van der Waals surface area contributed by atoms with Crippen molar-refractivity contribution in [2.24, 2.45) is 4.99 Å². The lowest BCUT2D eigenvalue weighted by Crippen LogP contribution is -2.34. The molecule has 0 radical (unpaired) electrons. The monoisotopic (exact) mass is 164 g/mol. The van der Waals surface area contributed by atoms with E-state index < -0.39 is 0 Å². The molecule has 0 amide bonds. The molecule has 1 aliphatic rings. The summed E-state index contributed by atoms with van der Waals surface area (Å²) in [5.41, 5.74) is 0.852. The van der Waals surface area contributed by atoms with Crippen LogP contribution in [-0.4, -0.2) is 28.6 Å². The van der Waals surface area contributed by atoms with Gasteiger partial charge in [0.2, 0.25) is 0 Å². The van der Waals surface area contributed by atoms with Gasteiger partial charge in [-0.2, -0.15) is 0 Å². The topological polar surface area (TPSA) is 44.3 Å². The molecule has 1 aromatic rings. The fourth-order valence-electron chi connectivity index (χ4n) is 1.25. The first kappa shape index (κ1) is 7.34. The summed E-state index contributed by atoms with van der Waals surface area (Å²) >= 11 is 0. The van der Waals surface area contributed by atoms with Crippen LogP contribution in [0.5, 0.6) is 0 Å². The van der Waals surface area contributed by atoms with Crippen molar-refractivity contribution in [1.29, 1.82) is 0 Å². The van der Waals surface area contributed by atoms with Gasteiger partial charge in [0, 0.05) is 19.7 Å². The molecule has 1 aromatic heterocycles.